The summed E-state index contributed by atoms with van der Waals surface area (Å²) in [6.07, 6.45) is 0. The molecule has 0 bridgehead atoms. The average Bonchev–Trinajstić information content (AvgIpc) is 2.95. The number of anilines is 2. The van der Waals surface area contributed by atoms with Crippen molar-refractivity contribution in [2.45, 2.75) is 19.6 Å². The van der Waals surface area contributed by atoms with E-state index < -0.39 is 6.61 Å². The van der Waals surface area contributed by atoms with Crippen molar-refractivity contribution in [3.8, 4) is 17.0 Å². The maximum absolute atomic E-state index is 13.4. The molecule has 3 aromatic carbocycles. The molecule has 39 heavy (non-hydrogen) atoms. The smallest absolute Gasteiger partial charge is 0.387 e. The van der Waals surface area contributed by atoms with Gasteiger partial charge >= 0.3 is 12.6 Å². The molecule has 0 unspecified atom stereocenters. The molecule has 1 fully saturated rings. The Labute approximate surface area is 227 Å². The lowest BCUT2D eigenvalue weighted by atomic mass is 10.0. The van der Waals surface area contributed by atoms with Crippen LogP contribution in [-0.4, -0.2) is 53.4 Å². The van der Waals surface area contributed by atoms with Gasteiger partial charge in [0.05, 0.1) is 0 Å². The zero-order chi connectivity index (χ0) is 27.9. The van der Waals surface area contributed by atoms with Crippen molar-refractivity contribution >= 4 is 28.3 Å². The van der Waals surface area contributed by atoms with Gasteiger partial charge in [-0.2, -0.15) is 8.78 Å². The molecule has 1 aliphatic rings. The Kier molecular flexibility index (Phi) is 8.65. The maximum Gasteiger partial charge on any atom is 0.387 e. The monoisotopic (exact) mass is 539 g/mol. The number of carbonyl (C=O) groups is 1. The molecule has 1 saturated heterocycles. The van der Waals surface area contributed by atoms with Crippen LogP contribution >= 0.6 is 0 Å². The van der Waals surface area contributed by atoms with Gasteiger partial charge in [-0.3, -0.25) is 0 Å². The van der Waals surface area contributed by atoms with E-state index in [9.17, 15) is 18.0 Å². The Hall–Kier alpha value is -4.60. The van der Waals surface area contributed by atoms with E-state index in [1.165, 1.54) is 36.4 Å². The lowest BCUT2D eigenvalue weighted by molar-refractivity contribution is -0.0498. The third-order valence-electron chi connectivity index (χ3n) is 6.30. The van der Waals surface area contributed by atoms with Gasteiger partial charge in [0.1, 0.15) is 17.3 Å². The molecular weight excluding hydrogens is 507 g/mol. The van der Waals surface area contributed by atoms with Crippen molar-refractivity contribution in [3.63, 3.8) is 0 Å². The maximum atomic E-state index is 13.4. The van der Waals surface area contributed by atoms with Crippen molar-refractivity contribution in [2.75, 3.05) is 29.9 Å². The molecule has 1 aliphatic heterocycles. The number of piperazine rings is 1. The number of carbonyl (C=O) groups excluding carboxylic acids is 1. The first-order valence-corrected chi connectivity index (χ1v) is 12.3. The fourth-order valence-corrected chi connectivity index (χ4v) is 4.50. The molecule has 0 spiro atoms. The van der Waals surface area contributed by atoms with Gasteiger partial charge in [0, 0.05) is 50.6 Å². The number of fused-ring (bicyclic) bond motifs is 1. The van der Waals surface area contributed by atoms with E-state index in [-0.39, 0.29) is 26.5 Å². The van der Waals surface area contributed by atoms with Crippen LogP contribution in [0.5, 0.6) is 5.75 Å². The number of ether oxygens (including phenoxy) is 1. The van der Waals surface area contributed by atoms with Crippen LogP contribution in [0.2, 0.25) is 0 Å². The SMILES string of the molecule is C=C.C[C@H]1CN(C(=O)Nc2ccc(OC(F)F)cc2)CCN1c1nnc(-c2ccc(F)cc2)c2ccccc12.[HH].[HH]. The molecule has 0 saturated carbocycles. The highest BCUT2D eigenvalue weighted by Gasteiger charge is 2.29. The third kappa shape index (κ3) is 6.28. The van der Waals surface area contributed by atoms with Crippen LogP contribution in [-0.2, 0) is 0 Å². The summed E-state index contributed by atoms with van der Waals surface area (Å²) in [6, 6.07) is 19.4. The molecule has 5 rings (SSSR count). The summed E-state index contributed by atoms with van der Waals surface area (Å²) in [5.74, 6) is 0.434. The first-order valence-electron chi connectivity index (χ1n) is 12.3. The molecule has 2 heterocycles. The molecule has 1 aromatic heterocycles. The summed E-state index contributed by atoms with van der Waals surface area (Å²) in [4.78, 5) is 16.7. The summed E-state index contributed by atoms with van der Waals surface area (Å²) >= 11 is 0. The standard InChI is InChI=1S/C27H24F3N5O2.C2H4.2H2/c1-17-16-34(27(36)31-20-10-12-21(13-11-20)37-26(29)30)14-15-35(17)25-23-5-3-2-4-22(23)24(32-33-25)18-6-8-19(28)9-7-18;1-2;;/h2-13,17,26H,14-16H2,1H3,(H,31,36);1-2H2;2*1H/t17-;;;/m0.../s1. The van der Waals surface area contributed by atoms with Crippen LogP contribution in [0.4, 0.5) is 29.5 Å². The Bertz CT molecular complexity index is 1430. The van der Waals surface area contributed by atoms with Crippen molar-refractivity contribution < 1.29 is 25.6 Å². The zero-order valence-corrected chi connectivity index (χ0v) is 21.4. The van der Waals surface area contributed by atoms with E-state index in [0.29, 0.717) is 31.0 Å². The van der Waals surface area contributed by atoms with Crippen molar-refractivity contribution in [1.29, 1.82) is 0 Å². The molecule has 0 radical (unpaired) electrons. The highest BCUT2D eigenvalue weighted by atomic mass is 19.3. The number of rotatable bonds is 5. The number of hydrogen-bond donors (Lipinski definition) is 1. The highest BCUT2D eigenvalue weighted by molar-refractivity contribution is 6.00. The van der Waals surface area contributed by atoms with Gasteiger partial charge in [-0.1, -0.05) is 24.3 Å². The quantitative estimate of drug-likeness (QED) is 0.275. The summed E-state index contributed by atoms with van der Waals surface area (Å²) in [6.45, 7) is 6.57. The summed E-state index contributed by atoms with van der Waals surface area (Å²) in [5, 5.41) is 13.7. The number of nitrogens with one attached hydrogen (secondary N) is 1. The Morgan fingerprint density at radius 1 is 1.00 bits per heavy atom. The minimum atomic E-state index is -2.90. The lowest BCUT2D eigenvalue weighted by Gasteiger charge is -2.40. The van der Waals surface area contributed by atoms with Gasteiger partial charge in [-0.05, 0) is 55.5 Å². The number of alkyl halides is 2. The molecule has 2 amide bonds. The molecule has 206 valence electrons. The second kappa shape index (κ2) is 12.3. The van der Waals surface area contributed by atoms with Gasteiger partial charge in [0.25, 0.3) is 0 Å². The number of benzene rings is 3. The predicted octanol–water partition coefficient (Wildman–Crippen LogP) is 7.07. The average molecular weight is 540 g/mol. The van der Waals surface area contributed by atoms with Crippen molar-refractivity contribution in [2.24, 2.45) is 0 Å². The van der Waals surface area contributed by atoms with Gasteiger partial charge in [0.15, 0.2) is 5.82 Å². The zero-order valence-electron chi connectivity index (χ0n) is 21.4. The van der Waals surface area contributed by atoms with Crippen LogP contribution in [0.1, 0.15) is 9.78 Å². The first-order chi connectivity index (χ1) is 18.9. The van der Waals surface area contributed by atoms with E-state index in [0.717, 1.165) is 22.2 Å². The molecule has 0 aliphatic carbocycles. The second-order valence-electron chi connectivity index (χ2n) is 8.75. The number of hydrogen-bond acceptors (Lipinski definition) is 5. The highest BCUT2D eigenvalue weighted by Crippen LogP contribution is 2.33. The van der Waals surface area contributed by atoms with E-state index >= 15 is 0 Å². The molecule has 4 aromatic rings. The molecule has 10 heteroatoms. The Morgan fingerprint density at radius 2 is 1.67 bits per heavy atom. The van der Waals surface area contributed by atoms with Crippen LogP contribution in [0.25, 0.3) is 22.0 Å². The fraction of sp³-hybridized carbons (Fsp3) is 0.207. The number of aromatic nitrogens is 2. The largest absolute Gasteiger partial charge is 0.435 e. The first kappa shape index (κ1) is 27.4. The molecule has 1 N–H and O–H groups in total. The number of nitrogens with zero attached hydrogens (tertiary/aromatic N) is 4. The second-order valence-corrected chi connectivity index (χ2v) is 8.75. The molecule has 1 atom stereocenters. The topological polar surface area (TPSA) is 70.6 Å². The summed E-state index contributed by atoms with van der Waals surface area (Å²) in [7, 11) is 0. The summed E-state index contributed by atoms with van der Waals surface area (Å²) in [5.41, 5.74) is 1.94. The van der Waals surface area contributed by atoms with Crippen LogP contribution in [0.15, 0.2) is 86.0 Å². The van der Waals surface area contributed by atoms with Crippen LogP contribution in [0.3, 0.4) is 0 Å². The van der Waals surface area contributed by atoms with Crippen molar-refractivity contribution in [1.82, 2.24) is 15.1 Å². The lowest BCUT2D eigenvalue weighted by Crippen LogP contribution is -2.55. The number of halogens is 3. The van der Waals surface area contributed by atoms with E-state index in [1.54, 1.807) is 17.0 Å². The van der Waals surface area contributed by atoms with Gasteiger partial charge < -0.3 is 19.9 Å². The minimum Gasteiger partial charge on any atom is -0.435 e. The Balaban J connectivity index is 0.00000144. The van der Waals surface area contributed by atoms with Gasteiger partial charge in [-0.15, -0.1) is 23.4 Å². The Morgan fingerprint density at radius 3 is 2.31 bits per heavy atom. The van der Waals surface area contributed by atoms with E-state index in [4.69, 9.17) is 0 Å². The summed E-state index contributed by atoms with van der Waals surface area (Å²) < 4.78 is 42.4. The number of amides is 2. The van der Waals surface area contributed by atoms with E-state index in [1.807, 2.05) is 31.2 Å². The van der Waals surface area contributed by atoms with Crippen LogP contribution in [0, 0.1) is 5.82 Å². The van der Waals surface area contributed by atoms with Gasteiger partial charge in [0.2, 0.25) is 0 Å². The fourth-order valence-electron chi connectivity index (χ4n) is 4.50. The predicted molar refractivity (Wildman–Crippen MR) is 151 cm³/mol. The number of urea groups is 1. The van der Waals surface area contributed by atoms with Crippen LogP contribution < -0.4 is 15.0 Å². The van der Waals surface area contributed by atoms with Crippen molar-refractivity contribution in [3.05, 3.63) is 91.8 Å². The van der Waals surface area contributed by atoms with Gasteiger partial charge in [-0.25, -0.2) is 9.18 Å². The van der Waals surface area contributed by atoms with E-state index in [2.05, 4.69) is 38.3 Å². The third-order valence-corrected chi connectivity index (χ3v) is 6.30. The normalized spacial score (nSPS) is 15.1. The molecule has 7 nitrogen and oxygen atoms in total. The molecular formula is C29H32F3N5O2. The minimum absolute atomic E-state index is 0.